The Kier molecular flexibility index (Phi) is 4.68. The highest BCUT2D eigenvalue weighted by Crippen LogP contribution is 2.36. The average molecular weight is 363 g/mol. The Bertz CT molecular complexity index is 605. The molecule has 6 heteroatoms. The zero-order valence-electron chi connectivity index (χ0n) is 9.90. The van der Waals surface area contributed by atoms with Crippen LogP contribution in [0.4, 0.5) is 0 Å². The second-order valence-electron chi connectivity index (χ2n) is 3.90. The summed E-state index contributed by atoms with van der Waals surface area (Å²) in [5.41, 5.74) is 0.712. The maximum absolute atomic E-state index is 9.51. The van der Waals surface area contributed by atoms with Crippen LogP contribution in [0, 0.1) is 0 Å². The molecule has 0 fully saturated rings. The fourth-order valence-electron chi connectivity index (χ4n) is 1.44. The van der Waals surface area contributed by atoms with Crippen LogP contribution in [0.25, 0.3) is 0 Å². The molecule has 0 amide bonds. The minimum Gasteiger partial charge on any atom is -0.437 e. The Hall–Kier alpha value is -0.810. The highest BCUT2D eigenvalue weighted by atomic mass is 79.9. The zero-order chi connectivity index (χ0) is 14.0. The van der Waals surface area contributed by atoms with Crippen LogP contribution in [-0.4, -0.2) is 10.1 Å². The van der Waals surface area contributed by atoms with E-state index in [-0.39, 0.29) is 0 Å². The van der Waals surface area contributed by atoms with Gasteiger partial charge in [0.05, 0.1) is 16.1 Å². The van der Waals surface area contributed by atoms with Gasteiger partial charge in [-0.05, 0) is 40.5 Å². The molecule has 0 unspecified atom stereocenters. The number of pyridine rings is 1. The first kappa shape index (κ1) is 14.6. The highest BCUT2D eigenvalue weighted by molar-refractivity contribution is 9.10. The zero-order valence-corrected chi connectivity index (χ0v) is 13.0. The van der Waals surface area contributed by atoms with Crippen molar-refractivity contribution < 1.29 is 9.84 Å². The third kappa shape index (κ3) is 3.60. The largest absolute Gasteiger partial charge is 0.437 e. The molecule has 0 aliphatic rings. The van der Waals surface area contributed by atoms with Crippen molar-refractivity contribution in [3.05, 3.63) is 50.5 Å². The second kappa shape index (κ2) is 6.09. The minimum absolute atomic E-state index is 0.346. The molecule has 1 aromatic heterocycles. The predicted octanol–water partition coefficient (Wildman–Crippen LogP) is 5.00. The van der Waals surface area contributed by atoms with E-state index in [0.717, 1.165) is 0 Å². The minimum atomic E-state index is -0.589. The molecular formula is C13H10BrCl2NO2. The van der Waals surface area contributed by atoms with Crippen LogP contribution in [0.2, 0.25) is 10.0 Å². The Balaban J connectivity index is 2.31. The van der Waals surface area contributed by atoms with Gasteiger partial charge in [0.1, 0.15) is 5.75 Å². The predicted molar refractivity (Wildman–Crippen MR) is 79.1 cm³/mol. The van der Waals surface area contributed by atoms with Crippen molar-refractivity contribution >= 4 is 39.1 Å². The lowest BCUT2D eigenvalue weighted by Crippen LogP contribution is -1.94. The molecular weight excluding hydrogens is 353 g/mol. The van der Waals surface area contributed by atoms with Crippen molar-refractivity contribution in [2.24, 2.45) is 0 Å². The van der Waals surface area contributed by atoms with Crippen molar-refractivity contribution in [1.29, 1.82) is 0 Å². The van der Waals surface area contributed by atoms with Crippen molar-refractivity contribution in [2.75, 3.05) is 0 Å². The van der Waals surface area contributed by atoms with Gasteiger partial charge in [-0.15, -0.1) is 0 Å². The van der Waals surface area contributed by atoms with Crippen LogP contribution in [-0.2, 0) is 0 Å². The van der Waals surface area contributed by atoms with E-state index in [1.807, 2.05) is 0 Å². The van der Waals surface area contributed by atoms with Gasteiger partial charge in [-0.2, -0.15) is 0 Å². The number of hydrogen-bond acceptors (Lipinski definition) is 3. The fraction of sp³-hybridized carbons (Fsp3) is 0.154. The fourth-order valence-corrected chi connectivity index (χ4v) is 2.27. The Morgan fingerprint density at radius 1 is 1.26 bits per heavy atom. The topological polar surface area (TPSA) is 42.4 Å². The molecule has 0 bridgehead atoms. The number of aliphatic hydroxyl groups excluding tert-OH is 1. The first-order chi connectivity index (χ1) is 8.97. The van der Waals surface area contributed by atoms with E-state index in [0.29, 0.717) is 31.7 Å². The van der Waals surface area contributed by atoms with E-state index in [2.05, 4.69) is 20.9 Å². The molecule has 3 nitrogen and oxygen atoms in total. The molecule has 100 valence electrons. The van der Waals surface area contributed by atoms with Gasteiger partial charge in [0.15, 0.2) is 0 Å². The van der Waals surface area contributed by atoms with E-state index in [4.69, 9.17) is 27.9 Å². The lowest BCUT2D eigenvalue weighted by Gasteiger charge is -2.10. The molecule has 1 heterocycles. The van der Waals surface area contributed by atoms with E-state index < -0.39 is 6.10 Å². The number of ether oxygens (including phenoxy) is 1. The lowest BCUT2D eigenvalue weighted by atomic mass is 10.2. The maximum Gasteiger partial charge on any atom is 0.219 e. The van der Waals surface area contributed by atoms with Crippen LogP contribution in [0.1, 0.15) is 18.6 Å². The number of benzene rings is 1. The van der Waals surface area contributed by atoms with Crippen LogP contribution in [0.3, 0.4) is 0 Å². The van der Waals surface area contributed by atoms with Gasteiger partial charge in [-0.3, -0.25) is 0 Å². The molecule has 19 heavy (non-hydrogen) atoms. The number of aromatic nitrogens is 1. The number of rotatable bonds is 3. The maximum atomic E-state index is 9.51. The smallest absolute Gasteiger partial charge is 0.219 e. The normalized spacial score (nSPS) is 12.3. The van der Waals surface area contributed by atoms with E-state index >= 15 is 0 Å². The van der Waals surface area contributed by atoms with Crippen LogP contribution >= 0.6 is 39.1 Å². The summed E-state index contributed by atoms with van der Waals surface area (Å²) >= 11 is 15.3. The van der Waals surface area contributed by atoms with Crippen molar-refractivity contribution in [3.8, 4) is 11.6 Å². The first-order valence-corrected chi connectivity index (χ1v) is 6.98. The van der Waals surface area contributed by atoms with Gasteiger partial charge in [0.25, 0.3) is 0 Å². The number of aliphatic hydroxyl groups is 1. The summed E-state index contributed by atoms with van der Waals surface area (Å²) < 4.78 is 6.27. The van der Waals surface area contributed by atoms with Gasteiger partial charge < -0.3 is 9.84 Å². The summed E-state index contributed by atoms with van der Waals surface area (Å²) in [7, 11) is 0. The summed E-state index contributed by atoms with van der Waals surface area (Å²) in [5, 5.41) is 10.4. The molecule has 1 atom stereocenters. The quantitative estimate of drug-likeness (QED) is 0.781. The van der Waals surface area contributed by atoms with Crippen LogP contribution < -0.4 is 4.74 Å². The Labute approximate surface area is 129 Å². The summed E-state index contributed by atoms with van der Waals surface area (Å²) in [6.45, 7) is 1.67. The van der Waals surface area contributed by atoms with Crippen LogP contribution in [0.5, 0.6) is 11.6 Å². The average Bonchev–Trinajstić information content (AvgIpc) is 2.36. The van der Waals surface area contributed by atoms with Gasteiger partial charge >= 0.3 is 0 Å². The summed E-state index contributed by atoms with van der Waals surface area (Å²) in [4.78, 5) is 4.06. The molecule has 1 aromatic carbocycles. The van der Waals surface area contributed by atoms with Crippen molar-refractivity contribution in [2.45, 2.75) is 13.0 Å². The standard InChI is InChI=1S/C13H10BrCl2NO2/c1-7(18)8-2-3-17-13(4-8)19-12-6-10(15)9(14)5-11(12)16/h2-7,18H,1H3/t7-/m0/s1. The molecule has 0 saturated carbocycles. The molecule has 0 aliphatic carbocycles. The molecule has 0 spiro atoms. The second-order valence-corrected chi connectivity index (χ2v) is 5.57. The molecule has 0 aliphatic heterocycles. The molecule has 0 saturated heterocycles. The number of nitrogens with zero attached hydrogens (tertiary/aromatic N) is 1. The monoisotopic (exact) mass is 361 g/mol. The molecule has 2 aromatic rings. The molecule has 2 rings (SSSR count). The first-order valence-electron chi connectivity index (χ1n) is 5.44. The van der Waals surface area contributed by atoms with Crippen LogP contribution in [0.15, 0.2) is 34.9 Å². The Morgan fingerprint density at radius 3 is 2.68 bits per heavy atom. The number of hydrogen-bond donors (Lipinski definition) is 1. The van der Waals surface area contributed by atoms with Gasteiger partial charge in [0.2, 0.25) is 5.88 Å². The van der Waals surface area contributed by atoms with Gasteiger partial charge in [0, 0.05) is 22.8 Å². The highest BCUT2D eigenvalue weighted by Gasteiger charge is 2.10. The lowest BCUT2D eigenvalue weighted by molar-refractivity contribution is 0.198. The summed E-state index contributed by atoms with van der Waals surface area (Å²) in [6, 6.07) is 6.62. The van der Waals surface area contributed by atoms with E-state index in [1.54, 1.807) is 37.4 Å². The van der Waals surface area contributed by atoms with Gasteiger partial charge in [-0.25, -0.2) is 4.98 Å². The van der Waals surface area contributed by atoms with Crippen molar-refractivity contribution in [1.82, 2.24) is 4.98 Å². The Morgan fingerprint density at radius 2 is 2.00 bits per heavy atom. The molecule has 1 N–H and O–H groups in total. The SMILES string of the molecule is C[C@H](O)c1ccnc(Oc2cc(Cl)c(Br)cc2Cl)c1. The third-order valence-electron chi connectivity index (χ3n) is 2.43. The summed E-state index contributed by atoms with van der Waals surface area (Å²) in [6.07, 6.45) is 0.973. The van der Waals surface area contributed by atoms with E-state index in [9.17, 15) is 5.11 Å². The summed E-state index contributed by atoms with van der Waals surface area (Å²) in [5.74, 6) is 0.754. The third-order valence-corrected chi connectivity index (χ3v) is 3.92. The van der Waals surface area contributed by atoms with Gasteiger partial charge in [-0.1, -0.05) is 23.2 Å². The van der Waals surface area contributed by atoms with Crippen molar-refractivity contribution in [3.63, 3.8) is 0 Å². The number of halogens is 3. The molecule has 0 radical (unpaired) electrons. The van der Waals surface area contributed by atoms with E-state index in [1.165, 1.54) is 0 Å².